The van der Waals surface area contributed by atoms with Crippen LogP contribution in [0.15, 0.2) is 54.7 Å². The minimum Gasteiger partial charge on any atom is -0.486 e. The summed E-state index contributed by atoms with van der Waals surface area (Å²) in [4.78, 5) is 16.1. The second-order valence-electron chi connectivity index (χ2n) is 8.57. The third-order valence-corrected chi connectivity index (χ3v) is 5.30. The molecular formula is C26H25ClFNO6. The van der Waals surface area contributed by atoms with E-state index >= 15 is 0 Å². The molecule has 0 spiro atoms. The van der Waals surface area contributed by atoms with Crippen LogP contribution in [0.2, 0.25) is 5.02 Å². The molecule has 0 N–H and O–H groups in total. The van der Waals surface area contributed by atoms with E-state index < -0.39 is 17.9 Å². The minimum absolute atomic E-state index is 0.0615. The summed E-state index contributed by atoms with van der Waals surface area (Å²) in [6, 6.07) is 13.2. The predicted octanol–water partition coefficient (Wildman–Crippen LogP) is 5.77. The maximum atomic E-state index is 13.8. The number of para-hydroxylation sites is 1. The van der Waals surface area contributed by atoms with Crippen molar-refractivity contribution in [3.05, 3.63) is 71.1 Å². The summed E-state index contributed by atoms with van der Waals surface area (Å²) in [6.07, 6.45) is 1.25. The van der Waals surface area contributed by atoms with Gasteiger partial charge in [0.2, 0.25) is 0 Å². The van der Waals surface area contributed by atoms with Gasteiger partial charge in [0.1, 0.15) is 30.3 Å². The maximum absolute atomic E-state index is 13.8. The third-order valence-electron chi connectivity index (χ3n) is 5.10. The van der Waals surface area contributed by atoms with E-state index in [1.54, 1.807) is 31.2 Å². The van der Waals surface area contributed by atoms with E-state index in [-0.39, 0.29) is 29.7 Å². The number of aromatic nitrogens is 1. The van der Waals surface area contributed by atoms with E-state index in [1.165, 1.54) is 6.20 Å². The summed E-state index contributed by atoms with van der Waals surface area (Å²) in [7, 11) is 0. The molecule has 2 aromatic carbocycles. The van der Waals surface area contributed by atoms with E-state index in [9.17, 15) is 9.18 Å². The average Bonchev–Trinajstić information content (AvgIpc) is 3.14. The van der Waals surface area contributed by atoms with E-state index in [0.29, 0.717) is 17.2 Å². The fourth-order valence-electron chi connectivity index (χ4n) is 3.54. The van der Waals surface area contributed by atoms with Crippen LogP contribution in [0.3, 0.4) is 0 Å². The van der Waals surface area contributed by atoms with Crippen molar-refractivity contribution in [2.24, 2.45) is 0 Å². The number of carbonyl (C=O) groups is 1. The Hall–Kier alpha value is -3.52. The molecule has 0 radical (unpaired) electrons. The maximum Gasteiger partial charge on any atom is 0.347 e. The smallest absolute Gasteiger partial charge is 0.347 e. The molecule has 0 fully saturated rings. The lowest BCUT2D eigenvalue weighted by Gasteiger charge is -2.18. The van der Waals surface area contributed by atoms with Gasteiger partial charge in [0, 0.05) is 18.2 Å². The second kappa shape index (κ2) is 10.4. The molecule has 0 saturated heterocycles. The normalized spacial score (nSPS) is 14.4. The number of benzene rings is 2. The Morgan fingerprint density at radius 2 is 1.91 bits per heavy atom. The van der Waals surface area contributed by atoms with Crippen LogP contribution in [0.4, 0.5) is 4.39 Å². The summed E-state index contributed by atoms with van der Waals surface area (Å²) in [5.41, 5.74) is 0.825. The number of pyridine rings is 1. The van der Waals surface area contributed by atoms with Crippen LogP contribution < -0.4 is 18.9 Å². The number of hydrogen-bond acceptors (Lipinski definition) is 7. The molecule has 1 aromatic heterocycles. The zero-order valence-electron chi connectivity index (χ0n) is 19.5. The van der Waals surface area contributed by atoms with E-state index in [2.05, 4.69) is 4.98 Å². The van der Waals surface area contributed by atoms with Crippen LogP contribution in [0.25, 0.3) is 0 Å². The Balaban J connectivity index is 1.22. The van der Waals surface area contributed by atoms with Crippen molar-refractivity contribution in [2.75, 3.05) is 13.2 Å². The van der Waals surface area contributed by atoms with Crippen LogP contribution >= 0.6 is 11.6 Å². The van der Waals surface area contributed by atoms with Crippen molar-refractivity contribution < 1.29 is 32.9 Å². The van der Waals surface area contributed by atoms with Crippen LogP contribution in [0.5, 0.6) is 28.9 Å². The number of esters is 1. The Kier molecular flexibility index (Phi) is 7.31. The highest BCUT2D eigenvalue weighted by Crippen LogP contribution is 2.41. The van der Waals surface area contributed by atoms with Crippen molar-refractivity contribution in [3.8, 4) is 28.9 Å². The van der Waals surface area contributed by atoms with Crippen LogP contribution in [-0.2, 0) is 16.0 Å². The minimum atomic E-state index is -0.845. The van der Waals surface area contributed by atoms with E-state index in [4.69, 9.17) is 35.3 Å². The Morgan fingerprint density at radius 1 is 1.17 bits per heavy atom. The van der Waals surface area contributed by atoms with E-state index in [0.717, 1.165) is 23.8 Å². The molecule has 9 heteroatoms. The van der Waals surface area contributed by atoms with Crippen molar-refractivity contribution in [1.29, 1.82) is 0 Å². The van der Waals surface area contributed by atoms with Crippen molar-refractivity contribution in [3.63, 3.8) is 0 Å². The van der Waals surface area contributed by atoms with Crippen LogP contribution in [0, 0.1) is 5.82 Å². The van der Waals surface area contributed by atoms with Gasteiger partial charge in [-0.05, 0) is 57.2 Å². The molecule has 0 aliphatic carbocycles. The molecule has 35 heavy (non-hydrogen) atoms. The van der Waals surface area contributed by atoms with Gasteiger partial charge < -0.3 is 23.7 Å². The van der Waals surface area contributed by atoms with Gasteiger partial charge >= 0.3 is 5.97 Å². The summed E-state index contributed by atoms with van der Waals surface area (Å²) >= 11 is 5.69. The van der Waals surface area contributed by atoms with Gasteiger partial charge in [0.25, 0.3) is 5.88 Å². The summed E-state index contributed by atoms with van der Waals surface area (Å²) < 4.78 is 41.9. The first-order chi connectivity index (χ1) is 16.7. The highest BCUT2D eigenvalue weighted by atomic mass is 35.5. The average molecular weight is 502 g/mol. The number of fused-ring (bicyclic) bond motifs is 1. The second-order valence-corrected chi connectivity index (χ2v) is 9.01. The first kappa shape index (κ1) is 24.6. The summed E-state index contributed by atoms with van der Waals surface area (Å²) in [6.45, 7) is 5.88. The van der Waals surface area contributed by atoms with Crippen molar-refractivity contribution in [1.82, 2.24) is 4.98 Å². The van der Waals surface area contributed by atoms with Crippen molar-refractivity contribution in [2.45, 2.75) is 38.9 Å². The molecule has 1 aliphatic heterocycles. The Morgan fingerprint density at radius 3 is 2.66 bits per heavy atom. The number of halogens is 2. The summed E-state index contributed by atoms with van der Waals surface area (Å²) in [5.74, 6) is 0.730. The molecule has 3 aromatic rings. The first-order valence-electron chi connectivity index (χ1n) is 11.1. The zero-order valence-corrected chi connectivity index (χ0v) is 20.3. The van der Waals surface area contributed by atoms with Gasteiger partial charge in [-0.3, -0.25) is 0 Å². The Bertz CT molecular complexity index is 1200. The highest BCUT2D eigenvalue weighted by Gasteiger charge is 2.32. The molecule has 0 saturated carbocycles. The van der Waals surface area contributed by atoms with Gasteiger partial charge in [-0.15, -0.1) is 0 Å². The molecule has 1 atom stereocenters. The predicted molar refractivity (Wildman–Crippen MR) is 127 cm³/mol. The lowest BCUT2D eigenvalue weighted by Crippen LogP contribution is -2.27. The monoisotopic (exact) mass is 501 g/mol. The first-order valence-corrected chi connectivity index (χ1v) is 11.4. The topological polar surface area (TPSA) is 76.1 Å². The number of rotatable bonds is 9. The third kappa shape index (κ3) is 6.33. The largest absolute Gasteiger partial charge is 0.486 e. The molecule has 7 nitrogen and oxygen atoms in total. The fourth-order valence-corrected chi connectivity index (χ4v) is 3.68. The number of ether oxygens (including phenoxy) is 5. The molecule has 0 unspecified atom stereocenters. The zero-order chi connectivity index (χ0) is 25.0. The molecule has 184 valence electrons. The van der Waals surface area contributed by atoms with Gasteiger partial charge in [0.05, 0.1) is 5.02 Å². The van der Waals surface area contributed by atoms with Gasteiger partial charge in [0.15, 0.2) is 23.4 Å². The Labute approximate surface area is 207 Å². The molecule has 2 heterocycles. The standard InChI is InChI=1S/C26H25ClFNO6/c1-16(33-19-7-9-20(10-8-19)34-24-21(28)13-18(27)15-29-24)25(30)32-12-11-31-22-6-4-5-17-14-26(2,3)35-23(17)22/h4-10,13,15-16H,11-12,14H2,1-3H3/t16-/m1/s1. The summed E-state index contributed by atoms with van der Waals surface area (Å²) in [5, 5.41) is 0.174. The fraction of sp³-hybridized carbons (Fsp3) is 0.308. The lowest BCUT2D eigenvalue weighted by atomic mass is 10.0. The van der Waals surface area contributed by atoms with Gasteiger partial charge in [-0.2, -0.15) is 0 Å². The molecule has 4 rings (SSSR count). The lowest BCUT2D eigenvalue weighted by molar-refractivity contribution is -0.151. The number of carbonyl (C=O) groups excluding carboxylic acids is 1. The number of hydrogen-bond donors (Lipinski definition) is 0. The van der Waals surface area contributed by atoms with Gasteiger partial charge in [-0.1, -0.05) is 23.7 Å². The quantitative estimate of drug-likeness (QED) is 0.272. The van der Waals surface area contributed by atoms with Crippen molar-refractivity contribution >= 4 is 17.6 Å². The molecule has 1 aliphatic rings. The highest BCUT2D eigenvalue weighted by molar-refractivity contribution is 6.30. The van der Waals surface area contributed by atoms with Crippen LogP contribution in [0.1, 0.15) is 26.3 Å². The van der Waals surface area contributed by atoms with E-state index in [1.807, 2.05) is 32.0 Å². The van der Waals surface area contributed by atoms with Crippen LogP contribution in [-0.4, -0.2) is 35.9 Å². The van der Waals surface area contributed by atoms with Gasteiger partial charge in [-0.25, -0.2) is 14.2 Å². The SMILES string of the molecule is C[C@@H](Oc1ccc(Oc2ncc(Cl)cc2F)cc1)C(=O)OCCOc1cccc2c1OC(C)(C)C2. The molecule has 0 amide bonds. The molecular weight excluding hydrogens is 477 g/mol. The number of nitrogens with zero attached hydrogens (tertiary/aromatic N) is 1. The molecule has 0 bridgehead atoms.